The maximum absolute atomic E-state index is 13.1. The maximum atomic E-state index is 13.1. The molecule has 29 heavy (non-hydrogen) atoms. The maximum Gasteiger partial charge on any atom is 0.261 e. The standard InChI is InChI=1S/C23H27N3O2.ClH/c1-18-9-11-19(12-10-18)25-17-26(21-8-4-3-7-20(21)23(25)28)22(27)13-16-24-14-5-2-6-15-24;/h3-4,7-12H,2,5-6,13-17H2,1H3;1H. The number of hydrogen-bond donors (Lipinski definition) is 0. The lowest BCUT2D eigenvalue weighted by Gasteiger charge is -2.37. The van der Waals surface area contributed by atoms with Gasteiger partial charge in [0.05, 0.1) is 11.3 Å². The molecule has 2 aliphatic rings. The first kappa shape index (κ1) is 21.3. The minimum absolute atomic E-state index is 0. The number of benzene rings is 2. The molecule has 5 nitrogen and oxygen atoms in total. The quantitative estimate of drug-likeness (QED) is 0.752. The summed E-state index contributed by atoms with van der Waals surface area (Å²) in [6.45, 7) is 5.23. The van der Waals surface area contributed by atoms with Gasteiger partial charge in [0, 0.05) is 18.7 Å². The number of para-hydroxylation sites is 1. The molecule has 0 atom stereocenters. The summed E-state index contributed by atoms with van der Waals surface area (Å²) in [7, 11) is 0. The van der Waals surface area contributed by atoms with Gasteiger partial charge in [-0.25, -0.2) is 0 Å². The van der Waals surface area contributed by atoms with Crippen molar-refractivity contribution in [2.75, 3.05) is 36.1 Å². The number of aryl methyl sites for hydroxylation is 1. The first-order chi connectivity index (χ1) is 13.6. The van der Waals surface area contributed by atoms with E-state index >= 15 is 0 Å². The zero-order chi connectivity index (χ0) is 19.5. The molecule has 2 aromatic carbocycles. The van der Waals surface area contributed by atoms with Gasteiger partial charge in [0.1, 0.15) is 6.67 Å². The number of carbonyl (C=O) groups is 2. The smallest absolute Gasteiger partial charge is 0.261 e. The van der Waals surface area contributed by atoms with E-state index in [0.717, 1.165) is 36.6 Å². The monoisotopic (exact) mass is 413 g/mol. The molecule has 2 heterocycles. The van der Waals surface area contributed by atoms with Crippen molar-refractivity contribution in [2.45, 2.75) is 32.6 Å². The Kier molecular flexibility index (Phi) is 6.93. The number of rotatable bonds is 4. The van der Waals surface area contributed by atoms with Gasteiger partial charge in [-0.3, -0.25) is 19.4 Å². The van der Waals surface area contributed by atoms with Gasteiger partial charge in [-0.2, -0.15) is 0 Å². The summed E-state index contributed by atoms with van der Waals surface area (Å²) in [5.41, 5.74) is 3.27. The van der Waals surface area contributed by atoms with Crippen LogP contribution >= 0.6 is 12.4 Å². The molecule has 154 valence electrons. The minimum atomic E-state index is -0.0560. The summed E-state index contributed by atoms with van der Waals surface area (Å²) in [5.74, 6) is 0.0159. The van der Waals surface area contributed by atoms with Crippen molar-refractivity contribution in [1.29, 1.82) is 0 Å². The van der Waals surface area contributed by atoms with E-state index in [0.29, 0.717) is 12.0 Å². The van der Waals surface area contributed by atoms with Crippen molar-refractivity contribution in [3.05, 3.63) is 59.7 Å². The highest BCUT2D eigenvalue weighted by molar-refractivity contribution is 6.15. The number of nitrogens with zero attached hydrogens (tertiary/aromatic N) is 3. The van der Waals surface area contributed by atoms with Crippen molar-refractivity contribution in [3.8, 4) is 0 Å². The minimum Gasteiger partial charge on any atom is -0.303 e. The highest BCUT2D eigenvalue weighted by Gasteiger charge is 2.33. The van der Waals surface area contributed by atoms with Gasteiger partial charge in [-0.1, -0.05) is 36.2 Å². The van der Waals surface area contributed by atoms with Crippen molar-refractivity contribution in [1.82, 2.24) is 4.90 Å². The molecule has 2 amide bonds. The van der Waals surface area contributed by atoms with Crippen molar-refractivity contribution in [3.63, 3.8) is 0 Å². The van der Waals surface area contributed by atoms with Gasteiger partial charge < -0.3 is 4.90 Å². The van der Waals surface area contributed by atoms with Crippen LogP contribution < -0.4 is 9.80 Å². The molecule has 2 aliphatic heterocycles. The summed E-state index contributed by atoms with van der Waals surface area (Å²) in [5, 5.41) is 0. The number of anilines is 2. The average Bonchev–Trinajstić information content (AvgIpc) is 2.74. The van der Waals surface area contributed by atoms with Crippen molar-refractivity contribution < 1.29 is 9.59 Å². The first-order valence-corrected chi connectivity index (χ1v) is 10.1. The van der Waals surface area contributed by atoms with E-state index in [-0.39, 0.29) is 30.9 Å². The lowest BCUT2D eigenvalue weighted by atomic mass is 10.1. The molecule has 0 radical (unpaired) electrons. The number of halogens is 1. The fourth-order valence-corrected chi connectivity index (χ4v) is 4.03. The van der Waals surface area contributed by atoms with E-state index in [1.807, 2.05) is 55.5 Å². The van der Waals surface area contributed by atoms with E-state index < -0.39 is 0 Å². The lowest BCUT2D eigenvalue weighted by molar-refractivity contribution is -0.119. The second-order valence-corrected chi connectivity index (χ2v) is 7.70. The zero-order valence-corrected chi connectivity index (χ0v) is 17.7. The molecular weight excluding hydrogens is 386 g/mol. The second-order valence-electron chi connectivity index (χ2n) is 7.70. The Bertz CT molecular complexity index is 863. The van der Waals surface area contributed by atoms with E-state index in [4.69, 9.17) is 0 Å². The largest absolute Gasteiger partial charge is 0.303 e. The van der Waals surface area contributed by atoms with Gasteiger partial charge in [-0.15, -0.1) is 12.4 Å². The fraction of sp³-hybridized carbons (Fsp3) is 0.391. The number of hydrogen-bond acceptors (Lipinski definition) is 3. The van der Waals surface area contributed by atoms with Gasteiger partial charge in [0.25, 0.3) is 5.91 Å². The van der Waals surface area contributed by atoms with Crippen LogP contribution in [0.2, 0.25) is 0 Å². The molecule has 0 spiro atoms. The Morgan fingerprint density at radius 3 is 2.38 bits per heavy atom. The van der Waals surface area contributed by atoms with Gasteiger partial charge in [0.2, 0.25) is 5.91 Å². The van der Waals surface area contributed by atoms with Crippen molar-refractivity contribution in [2.24, 2.45) is 0 Å². The molecule has 2 aromatic rings. The third-order valence-electron chi connectivity index (χ3n) is 5.69. The third kappa shape index (κ3) is 4.62. The van der Waals surface area contributed by atoms with Crippen LogP contribution in [0.3, 0.4) is 0 Å². The second kappa shape index (κ2) is 9.42. The molecule has 0 unspecified atom stereocenters. The van der Waals surface area contributed by atoms with Gasteiger partial charge in [-0.05, 0) is 57.1 Å². The predicted octanol–water partition coefficient (Wildman–Crippen LogP) is 4.24. The Hall–Kier alpha value is -2.37. The number of amides is 2. The number of carbonyl (C=O) groups excluding carboxylic acids is 2. The molecule has 4 rings (SSSR count). The summed E-state index contributed by atoms with van der Waals surface area (Å²) in [6, 6.07) is 15.3. The van der Waals surface area contributed by atoms with Gasteiger partial charge >= 0.3 is 0 Å². The van der Waals surface area contributed by atoms with Crippen LogP contribution in [0.25, 0.3) is 0 Å². The van der Waals surface area contributed by atoms with E-state index in [1.54, 1.807) is 9.80 Å². The number of piperidine rings is 1. The first-order valence-electron chi connectivity index (χ1n) is 10.1. The molecule has 1 saturated heterocycles. The third-order valence-corrected chi connectivity index (χ3v) is 5.69. The Morgan fingerprint density at radius 1 is 0.966 bits per heavy atom. The van der Waals surface area contributed by atoms with Crippen molar-refractivity contribution >= 4 is 35.6 Å². The summed E-state index contributed by atoms with van der Waals surface area (Å²) in [6.07, 6.45) is 4.20. The highest BCUT2D eigenvalue weighted by Crippen LogP contribution is 2.31. The van der Waals surface area contributed by atoms with Crippen LogP contribution in [-0.2, 0) is 4.79 Å². The summed E-state index contributed by atoms with van der Waals surface area (Å²) in [4.78, 5) is 32.0. The van der Waals surface area contributed by atoms with E-state index in [1.165, 1.54) is 19.3 Å². The topological polar surface area (TPSA) is 43.9 Å². The number of likely N-dealkylation sites (tertiary alicyclic amines) is 1. The van der Waals surface area contributed by atoms with Gasteiger partial charge in [0.15, 0.2) is 0 Å². The molecule has 1 fully saturated rings. The molecular formula is C23H28ClN3O2. The molecule has 0 bridgehead atoms. The Labute approximate surface area is 178 Å². The Balaban J connectivity index is 0.00000240. The molecule has 6 heteroatoms. The van der Waals surface area contributed by atoms with Crippen LogP contribution in [0, 0.1) is 6.92 Å². The van der Waals surface area contributed by atoms with Crippen LogP contribution in [0.5, 0.6) is 0 Å². The Morgan fingerprint density at radius 2 is 1.66 bits per heavy atom. The molecule has 0 aliphatic carbocycles. The van der Waals surface area contributed by atoms with Crippen LogP contribution in [-0.4, -0.2) is 43.0 Å². The van der Waals surface area contributed by atoms with Crippen LogP contribution in [0.15, 0.2) is 48.5 Å². The summed E-state index contributed by atoms with van der Waals surface area (Å²) >= 11 is 0. The lowest BCUT2D eigenvalue weighted by Crippen LogP contribution is -2.50. The average molecular weight is 414 g/mol. The van der Waals surface area contributed by atoms with Crippen LogP contribution in [0.4, 0.5) is 11.4 Å². The molecule has 0 saturated carbocycles. The normalized spacial score (nSPS) is 16.9. The van der Waals surface area contributed by atoms with Crippen LogP contribution in [0.1, 0.15) is 41.6 Å². The SMILES string of the molecule is Cc1ccc(N2CN(C(=O)CCN3CCCCC3)c3ccccc3C2=O)cc1.Cl. The van der Waals surface area contributed by atoms with E-state index in [2.05, 4.69) is 4.90 Å². The fourth-order valence-electron chi connectivity index (χ4n) is 4.03. The number of fused-ring (bicyclic) bond motifs is 1. The molecule has 0 N–H and O–H groups in total. The summed E-state index contributed by atoms with van der Waals surface area (Å²) < 4.78 is 0. The molecule has 0 aromatic heterocycles. The predicted molar refractivity (Wildman–Crippen MR) is 119 cm³/mol. The zero-order valence-electron chi connectivity index (χ0n) is 16.8. The highest BCUT2D eigenvalue weighted by atomic mass is 35.5. The van der Waals surface area contributed by atoms with E-state index in [9.17, 15) is 9.59 Å².